The van der Waals surface area contributed by atoms with Gasteiger partial charge in [0.15, 0.2) is 0 Å². The number of allylic oxidation sites excluding steroid dienone is 3. The van der Waals surface area contributed by atoms with Crippen molar-refractivity contribution in [2.45, 2.75) is 44.6 Å². The fourth-order valence-electron chi connectivity index (χ4n) is 4.19. The third-order valence-electron chi connectivity index (χ3n) is 6.12. The number of aromatic nitrogens is 1. The van der Waals surface area contributed by atoms with Crippen molar-refractivity contribution in [2.24, 2.45) is 0 Å². The number of ether oxygens (including phenoxy) is 3. The van der Waals surface area contributed by atoms with E-state index in [1.165, 1.54) is 0 Å². The lowest BCUT2D eigenvalue weighted by Crippen LogP contribution is -2.40. The average molecular weight is 511 g/mol. The summed E-state index contributed by atoms with van der Waals surface area (Å²) in [5, 5.41) is 0. The van der Waals surface area contributed by atoms with Crippen LogP contribution in [0.15, 0.2) is 72.5 Å². The Morgan fingerprint density at radius 3 is 2.61 bits per heavy atom. The molecule has 1 fully saturated rings. The summed E-state index contributed by atoms with van der Waals surface area (Å²) in [5.41, 5.74) is 2.39. The monoisotopic (exact) mass is 510 g/mol. The summed E-state index contributed by atoms with van der Waals surface area (Å²) in [5.74, 6) is 1.61. The smallest absolute Gasteiger partial charge is 0.235 e. The molecule has 1 unspecified atom stereocenters. The van der Waals surface area contributed by atoms with Gasteiger partial charge in [-0.2, -0.15) is 0 Å². The number of aryl methyl sites for hydroxylation is 1. The third kappa shape index (κ3) is 6.54. The van der Waals surface area contributed by atoms with Crippen molar-refractivity contribution >= 4 is 15.9 Å². The molecule has 36 heavy (non-hydrogen) atoms. The Morgan fingerprint density at radius 2 is 1.92 bits per heavy atom. The molecule has 0 saturated carbocycles. The first kappa shape index (κ1) is 25.5. The minimum Gasteiger partial charge on any atom is -0.490 e. The van der Waals surface area contributed by atoms with Gasteiger partial charge in [-0.05, 0) is 55.2 Å². The number of nitrogens with one attached hydrogen (secondary N) is 1. The standard InChI is InChI=1S/C27H30N2O6S/c1-18-8-11-22(6-4-5-7-24(18)35-25-14-15-27(33-3)28-19(25)2)34-23-12-9-20(10-13-23)21-16-26(30)29-36(31,32)17-21/h4-5,7,9-10,12-15,21-22H,1,6,8,11,16-17H2,2-3H3,(H,29,30)/b5-4-,24-7+/t21?,22-/m0/s1. The maximum Gasteiger partial charge on any atom is 0.235 e. The SMILES string of the molecule is C=C1CC[C@@H](Oc2ccc(C3CC(=O)NS(=O)(=O)C3)cc2)C/C=C\C=C/1Oc1ccc(OC)nc1C. The van der Waals surface area contributed by atoms with Gasteiger partial charge in [0.1, 0.15) is 23.4 Å². The van der Waals surface area contributed by atoms with Crippen LogP contribution >= 0.6 is 0 Å². The molecule has 1 aromatic carbocycles. The number of benzene rings is 1. The molecule has 1 saturated heterocycles. The molecule has 8 nitrogen and oxygen atoms in total. The fraction of sp³-hybridized carbons (Fsp3) is 0.333. The van der Waals surface area contributed by atoms with Crippen LogP contribution in [0.1, 0.15) is 42.9 Å². The number of hydrogen-bond acceptors (Lipinski definition) is 7. The summed E-state index contributed by atoms with van der Waals surface area (Å²) in [6.45, 7) is 6.08. The highest BCUT2D eigenvalue weighted by Crippen LogP contribution is 2.29. The first-order chi connectivity index (χ1) is 17.2. The molecule has 2 aromatic rings. The Kier molecular flexibility index (Phi) is 7.79. The Balaban J connectivity index is 1.37. The number of methoxy groups -OCH3 is 1. The van der Waals surface area contributed by atoms with Crippen LogP contribution in [0.5, 0.6) is 17.4 Å². The van der Waals surface area contributed by atoms with E-state index in [-0.39, 0.29) is 24.2 Å². The largest absolute Gasteiger partial charge is 0.490 e. The lowest BCUT2D eigenvalue weighted by atomic mass is 9.97. The molecule has 1 amide bonds. The molecule has 9 heteroatoms. The summed E-state index contributed by atoms with van der Waals surface area (Å²) in [4.78, 5) is 16.1. The predicted molar refractivity (Wildman–Crippen MR) is 137 cm³/mol. The molecule has 190 valence electrons. The van der Waals surface area contributed by atoms with Crippen LogP contribution in [0, 0.1) is 6.92 Å². The van der Waals surface area contributed by atoms with E-state index in [9.17, 15) is 13.2 Å². The second-order valence-corrected chi connectivity index (χ2v) is 10.7. The maximum absolute atomic E-state index is 11.9. The van der Waals surface area contributed by atoms with Crippen molar-refractivity contribution in [2.75, 3.05) is 12.9 Å². The molecule has 2 atom stereocenters. The molecule has 1 aliphatic carbocycles. The molecule has 2 heterocycles. The van der Waals surface area contributed by atoms with Gasteiger partial charge < -0.3 is 14.2 Å². The van der Waals surface area contributed by atoms with E-state index in [0.717, 1.165) is 23.3 Å². The van der Waals surface area contributed by atoms with E-state index in [4.69, 9.17) is 14.2 Å². The zero-order valence-electron chi connectivity index (χ0n) is 20.4. The van der Waals surface area contributed by atoms with Crippen molar-refractivity contribution < 1.29 is 27.4 Å². The molecule has 0 radical (unpaired) electrons. The highest BCUT2D eigenvalue weighted by Gasteiger charge is 2.30. The minimum atomic E-state index is -3.58. The molecule has 1 aliphatic heterocycles. The van der Waals surface area contributed by atoms with E-state index in [0.29, 0.717) is 36.0 Å². The highest BCUT2D eigenvalue weighted by atomic mass is 32.2. The van der Waals surface area contributed by atoms with Crippen molar-refractivity contribution in [3.8, 4) is 17.4 Å². The summed E-state index contributed by atoms with van der Waals surface area (Å²) >= 11 is 0. The van der Waals surface area contributed by atoms with Crippen LogP contribution in [-0.4, -0.2) is 38.3 Å². The second kappa shape index (κ2) is 11.0. The predicted octanol–water partition coefficient (Wildman–Crippen LogP) is 4.34. The second-order valence-electron chi connectivity index (χ2n) is 8.89. The number of rotatable bonds is 6. The van der Waals surface area contributed by atoms with Crippen LogP contribution in [0.3, 0.4) is 0 Å². The number of pyridine rings is 1. The average Bonchev–Trinajstić information content (AvgIpc) is 2.91. The van der Waals surface area contributed by atoms with Crippen LogP contribution in [0.2, 0.25) is 0 Å². The van der Waals surface area contributed by atoms with Gasteiger partial charge in [-0.25, -0.2) is 13.4 Å². The Bertz CT molecular complexity index is 1300. The van der Waals surface area contributed by atoms with Gasteiger partial charge in [-0.1, -0.05) is 30.9 Å². The number of carbonyl (C=O) groups is 1. The normalized spacial score (nSPS) is 24.2. The van der Waals surface area contributed by atoms with Gasteiger partial charge in [0, 0.05) is 24.8 Å². The molecule has 1 aromatic heterocycles. The number of hydrogen-bond donors (Lipinski definition) is 1. The van der Waals surface area contributed by atoms with Gasteiger partial charge in [-0.15, -0.1) is 0 Å². The number of amides is 1. The molecular weight excluding hydrogens is 480 g/mol. The molecule has 4 rings (SSSR count). The van der Waals surface area contributed by atoms with Crippen molar-refractivity contribution in [1.82, 2.24) is 9.71 Å². The first-order valence-corrected chi connectivity index (χ1v) is 13.4. The van der Waals surface area contributed by atoms with E-state index in [2.05, 4.69) is 11.6 Å². The lowest BCUT2D eigenvalue weighted by Gasteiger charge is -2.23. The fourth-order valence-corrected chi connectivity index (χ4v) is 5.54. The number of nitrogens with zero attached hydrogens (tertiary/aromatic N) is 1. The maximum atomic E-state index is 11.9. The molecule has 0 bridgehead atoms. The Morgan fingerprint density at radius 1 is 1.14 bits per heavy atom. The summed E-state index contributed by atoms with van der Waals surface area (Å²) < 4.78 is 43.3. The zero-order valence-corrected chi connectivity index (χ0v) is 21.2. The topological polar surface area (TPSA) is 104 Å². The summed E-state index contributed by atoms with van der Waals surface area (Å²) in [6, 6.07) is 10.9. The highest BCUT2D eigenvalue weighted by molar-refractivity contribution is 7.90. The van der Waals surface area contributed by atoms with E-state index >= 15 is 0 Å². The van der Waals surface area contributed by atoms with E-state index < -0.39 is 15.9 Å². The van der Waals surface area contributed by atoms with Crippen LogP contribution in [-0.2, 0) is 14.8 Å². The van der Waals surface area contributed by atoms with Crippen LogP contribution < -0.4 is 18.9 Å². The Labute approximate surface area is 211 Å². The van der Waals surface area contributed by atoms with Gasteiger partial charge >= 0.3 is 0 Å². The van der Waals surface area contributed by atoms with Crippen LogP contribution in [0.25, 0.3) is 0 Å². The van der Waals surface area contributed by atoms with Crippen molar-refractivity contribution in [3.63, 3.8) is 0 Å². The molecule has 2 aliphatic rings. The minimum absolute atomic E-state index is 0.0678. The summed E-state index contributed by atoms with van der Waals surface area (Å²) in [6.07, 6.45) is 8.10. The van der Waals surface area contributed by atoms with E-state index in [1.54, 1.807) is 13.2 Å². The third-order valence-corrected chi connectivity index (χ3v) is 7.50. The zero-order chi connectivity index (χ0) is 25.7. The van der Waals surface area contributed by atoms with Gasteiger partial charge in [0.05, 0.1) is 18.6 Å². The molecule has 1 N–H and O–H groups in total. The van der Waals surface area contributed by atoms with Gasteiger partial charge in [-0.3, -0.25) is 9.52 Å². The van der Waals surface area contributed by atoms with Crippen molar-refractivity contribution in [1.29, 1.82) is 0 Å². The van der Waals surface area contributed by atoms with Crippen molar-refractivity contribution in [3.05, 3.63) is 83.8 Å². The number of carbonyl (C=O) groups excluding carboxylic acids is 1. The lowest BCUT2D eigenvalue weighted by molar-refractivity contribution is -0.119. The quantitative estimate of drug-likeness (QED) is 0.617. The number of sulfonamides is 1. The Hall–Kier alpha value is -3.59. The van der Waals surface area contributed by atoms with E-state index in [1.807, 2.05) is 60.2 Å². The van der Waals surface area contributed by atoms with Gasteiger partial charge in [0.2, 0.25) is 21.8 Å². The first-order valence-electron chi connectivity index (χ1n) is 11.8. The summed E-state index contributed by atoms with van der Waals surface area (Å²) in [7, 11) is -2.00. The van der Waals surface area contributed by atoms with Gasteiger partial charge in [0.25, 0.3) is 0 Å². The molecular formula is C27H30N2O6S. The van der Waals surface area contributed by atoms with Crippen LogP contribution in [0.4, 0.5) is 0 Å². The molecule has 0 spiro atoms.